The molecular formula is C18H12Br2N2O. The molecule has 0 aliphatic heterocycles. The van der Waals surface area contributed by atoms with Crippen LogP contribution in [0.2, 0.25) is 0 Å². The average Bonchev–Trinajstić information content (AvgIpc) is 2.56. The van der Waals surface area contributed by atoms with E-state index in [9.17, 15) is 5.21 Å². The van der Waals surface area contributed by atoms with Crippen LogP contribution in [-0.4, -0.2) is 4.98 Å². The van der Waals surface area contributed by atoms with Crippen molar-refractivity contribution in [3.63, 3.8) is 0 Å². The van der Waals surface area contributed by atoms with Gasteiger partial charge in [0, 0.05) is 43.6 Å². The molecule has 23 heavy (non-hydrogen) atoms. The largest absolute Gasteiger partial charge is 0.619 e. The molecule has 0 amide bonds. The van der Waals surface area contributed by atoms with Crippen LogP contribution in [0.5, 0.6) is 0 Å². The molecule has 0 aliphatic carbocycles. The summed E-state index contributed by atoms with van der Waals surface area (Å²) in [7, 11) is 0. The van der Waals surface area contributed by atoms with E-state index in [0.717, 1.165) is 24.4 Å². The summed E-state index contributed by atoms with van der Waals surface area (Å²) in [5, 5.41) is 15.3. The average molecular weight is 432 g/mol. The highest BCUT2D eigenvalue weighted by molar-refractivity contribution is 9.11. The molecule has 114 valence electrons. The summed E-state index contributed by atoms with van der Waals surface area (Å²) in [6.45, 7) is 0. The standard InChI is InChI=1S/C9H6BrNO.C9H6BrN/c10-9-3-1-2-7-6-11(12)5-4-8(7)9;10-9-3-1-2-7-6-11-5-4-8(7)9/h1-6H;1-6H. The van der Waals surface area contributed by atoms with Crippen molar-refractivity contribution in [2.45, 2.75) is 0 Å². The second kappa shape index (κ2) is 7.06. The van der Waals surface area contributed by atoms with Gasteiger partial charge in [0.2, 0.25) is 0 Å². The minimum Gasteiger partial charge on any atom is -0.619 e. The summed E-state index contributed by atoms with van der Waals surface area (Å²) in [6, 6.07) is 15.7. The van der Waals surface area contributed by atoms with Crippen molar-refractivity contribution in [1.82, 2.24) is 4.98 Å². The van der Waals surface area contributed by atoms with Gasteiger partial charge < -0.3 is 5.21 Å². The predicted molar refractivity (Wildman–Crippen MR) is 100 cm³/mol. The molecule has 0 saturated heterocycles. The Labute approximate surface area is 150 Å². The Kier molecular flexibility index (Phi) is 4.88. The van der Waals surface area contributed by atoms with Crippen molar-refractivity contribution in [3.05, 3.63) is 87.5 Å². The monoisotopic (exact) mass is 430 g/mol. The second-order valence-electron chi connectivity index (χ2n) is 4.88. The summed E-state index contributed by atoms with van der Waals surface area (Å²) >= 11 is 6.88. The summed E-state index contributed by atoms with van der Waals surface area (Å²) in [4.78, 5) is 4.03. The van der Waals surface area contributed by atoms with Crippen molar-refractivity contribution in [2.24, 2.45) is 0 Å². The molecule has 2 aromatic heterocycles. The number of hydrogen-bond donors (Lipinski definition) is 0. The van der Waals surface area contributed by atoms with Crippen molar-refractivity contribution in [1.29, 1.82) is 0 Å². The van der Waals surface area contributed by atoms with Crippen LogP contribution in [0.4, 0.5) is 0 Å². The number of hydrogen-bond acceptors (Lipinski definition) is 2. The topological polar surface area (TPSA) is 39.8 Å². The van der Waals surface area contributed by atoms with Gasteiger partial charge in [0.1, 0.15) is 0 Å². The zero-order valence-corrected chi connectivity index (χ0v) is 15.2. The van der Waals surface area contributed by atoms with E-state index in [2.05, 4.69) is 36.8 Å². The second-order valence-corrected chi connectivity index (χ2v) is 6.59. The van der Waals surface area contributed by atoms with Gasteiger partial charge in [-0.05, 0) is 29.7 Å². The summed E-state index contributed by atoms with van der Waals surface area (Å²) in [6.07, 6.45) is 6.71. The van der Waals surface area contributed by atoms with Gasteiger partial charge in [-0.1, -0.05) is 50.1 Å². The Hall–Kier alpha value is -1.98. The quantitative estimate of drug-likeness (QED) is 0.282. The van der Waals surface area contributed by atoms with Gasteiger partial charge in [-0.15, -0.1) is 0 Å². The predicted octanol–water partition coefficient (Wildman–Crippen LogP) is 5.23. The fourth-order valence-corrected chi connectivity index (χ4v) is 3.28. The fourth-order valence-electron chi connectivity index (χ4n) is 2.25. The third kappa shape index (κ3) is 3.68. The van der Waals surface area contributed by atoms with Gasteiger partial charge in [-0.3, -0.25) is 4.98 Å². The van der Waals surface area contributed by atoms with E-state index in [4.69, 9.17) is 0 Å². The Morgan fingerprint density at radius 3 is 2.17 bits per heavy atom. The molecule has 0 N–H and O–H groups in total. The fraction of sp³-hybridized carbons (Fsp3) is 0. The van der Waals surface area contributed by atoms with Crippen LogP contribution < -0.4 is 4.73 Å². The van der Waals surface area contributed by atoms with Gasteiger partial charge in [0.15, 0.2) is 12.4 Å². The van der Waals surface area contributed by atoms with Crippen molar-refractivity contribution < 1.29 is 4.73 Å². The van der Waals surface area contributed by atoms with Gasteiger partial charge in [0.25, 0.3) is 0 Å². The highest BCUT2D eigenvalue weighted by Gasteiger charge is 1.99. The van der Waals surface area contributed by atoms with E-state index in [1.165, 1.54) is 17.0 Å². The molecule has 4 rings (SSSR count). The highest BCUT2D eigenvalue weighted by Crippen LogP contribution is 2.22. The van der Waals surface area contributed by atoms with Crippen molar-refractivity contribution in [2.75, 3.05) is 0 Å². The first-order valence-corrected chi connectivity index (χ1v) is 8.49. The van der Waals surface area contributed by atoms with Crippen molar-refractivity contribution in [3.8, 4) is 0 Å². The number of benzene rings is 2. The van der Waals surface area contributed by atoms with Crippen LogP contribution in [0.3, 0.4) is 0 Å². The minimum atomic E-state index is 0.800. The normalized spacial score (nSPS) is 10.3. The van der Waals surface area contributed by atoms with Crippen LogP contribution >= 0.6 is 31.9 Å². The van der Waals surface area contributed by atoms with Gasteiger partial charge >= 0.3 is 0 Å². The molecule has 5 heteroatoms. The third-order valence-corrected chi connectivity index (χ3v) is 4.75. The molecule has 0 spiro atoms. The van der Waals surface area contributed by atoms with E-state index in [1.54, 1.807) is 18.5 Å². The maximum Gasteiger partial charge on any atom is 0.188 e. The first-order valence-electron chi connectivity index (χ1n) is 6.90. The smallest absolute Gasteiger partial charge is 0.188 e. The third-order valence-electron chi connectivity index (χ3n) is 3.37. The zero-order chi connectivity index (χ0) is 16.2. The molecule has 0 saturated carbocycles. The number of aromatic nitrogens is 2. The summed E-state index contributed by atoms with van der Waals surface area (Å²) < 4.78 is 2.94. The lowest BCUT2D eigenvalue weighted by atomic mass is 10.2. The van der Waals surface area contributed by atoms with E-state index in [-0.39, 0.29) is 0 Å². The Morgan fingerprint density at radius 2 is 1.48 bits per heavy atom. The van der Waals surface area contributed by atoms with Gasteiger partial charge in [-0.2, -0.15) is 4.73 Å². The minimum absolute atomic E-state index is 0.800. The van der Waals surface area contributed by atoms with Crippen molar-refractivity contribution >= 4 is 53.4 Å². The van der Waals surface area contributed by atoms with Gasteiger partial charge in [-0.25, -0.2) is 0 Å². The summed E-state index contributed by atoms with van der Waals surface area (Å²) in [5.74, 6) is 0. The molecule has 0 radical (unpaired) electrons. The van der Waals surface area contributed by atoms with Crippen LogP contribution in [-0.2, 0) is 0 Å². The number of nitrogens with zero attached hydrogens (tertiary/aromatic N) is 2. The number of rotatable bonds is 0. The van der Waals surface area contributed by atoms with Crippen LogP contribution in [0.1, 0.15) is 0 Å². The van der Waals surface area contributed by atoms with E-state index >= 15 is 0 Å². The van der Waals surface area contributed by atoms with Gasteiger partial charge in [0.05, 0.1) is 0 Å². The number of halogens is 2. The zero-order valence-electron chi connectivity index (χ0n) is 12.0. The Bertz CT molecular complexity index is 968. The molecule has 3 nitrogen and oxygen atoms in total. The first-order chi connectivity index (χ1) is 11.1. The molecule has 2 heterocycles. The molecule has 0 bridgehead atoms. The number of pyridine rings is 2. The lowest BCUT2D eigenvalue weighted by molar-refractivity contribution is -0.603. The molecule has 0 aliphatic rings. The van der Waals surface area contributed by atoms with Crippen LogP contribution in [0.15, 0.2) is 82.3 Å². The molecule has 4 aromatic rings. The van der Waals surface area contributed by atoms with E-state index in [1.807, 2.05) is 48.7 Å². The summed E-state index contributed by atoms with van der Waals surface area (Å²) in [5.41, 5.74) is 0. The molecule has 0 fully saturated rings. The lowest BCUT2D eigenvalue weighted by Crippen LogP contribution is -2.23. The first kappa shape index (κ1) is 15.9. The van der Waals surface area contributed by atoms with Crippen LogP contribution in [0.25, 0.3) is 21.5 Å². The number of fused-ring (bicyclic) bond motifs is 2. The SMILES string of the molecule is Brc1cccc2cnccc12.[O-][n+]1ccc2c(Br)cccc2c1. The van der Waals surface area contributed by atoms with E-state index < -0.39 is 0 Å². The molecular weight excluding hydrogens is 420 g/mol. The van der Waals surface area contributed by atoms with E-state index in [0.29, 0.717) is 0 Å². The Morgan fingerprint density at radius 1 is 0.826 bits per heavy atom. The molecule has 0 atom stereocenters. The maximum absolute atomic E-state index is 10.9. The van der Waals surface area contributed by atoms with Crippen LogP contribution in [0, 0.1) is 5.21 Å². The maximum atomic E-state index is 10.9. The highest BCUT2D eigenvalue weighted by atomic mass is 79.9. The molecule has 2 aromatic carbocycles. The molecule has 0 unspecified atom stereocenters. The Balaban J connectivity index is 0.000000136. The lowest BCUT2D eigenvalue weighted by Gasteiger charge is -1.99.